The van der Waals surface area contributed by atoms with Gasteiger partial charge in [-0.1, -0.05) is 12.6 Å². The minimum absolute atomic E-state index is 0.203. The number of methoxy groups -OCH3 is 1. The average molecular weight is 376 g/mol. The van der Waals surface area contributed by atoms with E-state index in [0.717, 1.165) is 10.0 Å². The van der Waals surface area contributed by atoms with Gasteiger partial charge in [0.15, 0.2) is 0 Å². The molecule has 0 bridgehead atoms. The molecule has 0 aliphatic rings. The molecule has 0 spiro atoms. The van der Waals surface area contributed by atoms with Crippen molar-refractivity contribution in [3.8, 4) is 11.5 Å². The quantitative estimate of drug-likeness (QED) is 0.746. The van der Waals surface area contributed by atoms with Crippen molar-refractivity contribution in [2.45, 2.75) is 6.92 Å². The summed E-state index contributed by atoms with van der Waals surface area (Å²) in [5, 5.41) is 2.85. The van der Waals surface area contributed by atoms with E-state index in [1.54, 1.807) is 31.4 Å². The number of halogens is 1. The van der Waals surface area contributed by atoms with Crippen LogP contribution >= 0.6 is 15.9 Å². The normalized spacial score (nSPS) is 10.0. The molecule has 0 heterocycles. The third-order valence-electron chi connectivity index (χ3n) is 2.99. The molecule has 120 valence electrons. The van der Waals surface area contributed by atoms with Crippen molar-refractivity contribution in [1.82, 2.24) is 0 Å². The number of benzene rings is 2. The van der Waals surface area contributed by atoms with Crippen LogP contribution < -0.4 is 14.8 Å². The molecule has 1 N–H and O–H groups in total. The van der Waals surface area contributed by atoms with Crippen LogP contribution in [0.25, 0.3) is 0 Å². The molecule has 2 aromatic rings. The van der Waals surface area contributed by atoms with E-state index >= 15 is 0 Å². The van der Waals surface area contributed by atoms with Gasteiger partial charge < -0.3 is 14.8 Å². The third kappa shape index (κ3) is 4.86. The van der Waals surface area contributed by atoms with Crippen LogP contribution in [0.15, 0.2) is 59.1 Å². The number of nitrogens with one attached hydrogen (secondary N) is 1. The lowest BCUT2D eigenvalue weighted by Gasteiger charge is -2.10. The van der Waals surface area contributed by atoms with Crippen LogP contribution in [0.3, 0.4) is 0 Å². The third-order valence-corrected chi connectivity index (χ3v) is 3.61. The van der Waals surface area contributed by atoms with Gasteiger partial charge in [0.05, 0.1) is 11.6 Å². The molecule has 4 nitrogen and oxygen atoms in total. The molecular weight excluding hydrogens is 358 g/mol. The molecule has 0 aliphatic carbocycles. The standard InChI is InChI=1S/C18H18BrNO3/c1-12(2)11-23-15-6-4-5-14(10-15)20-18(21)13-7-8-17(22-3)16(19)9-13/h4-10H,1,11H2,2-3H3,(H,20,21). The number of ether oxygens (including phenoxy) is 2. The fourth-order valence-electron chi connectivity index (χ4n) is 1.88. The summed E-state index contributed by atoms with van der Waals surface area (Å²) < 4.78 is 11.5. The maximum absolute atomic E-state index is 12.3. The molecule has 0 fully saturated rings. The molecule has 0 unspecified atom stereocenters. The van der Waals surface area contributed by atoms with E-state index in [2.05, 4.69) is 27.8 Å². The van der Waals surface area contributed by atoms with E-state index in [0.29, 0.717) is 29.4 Å². The topological polar surface area (TPSA) is 47.6 Å². The Morgan fingerprint density at radius 2 is 2.04 bits per heavy atom. The Labute approximate surface area is 144 Å². The molecule has 0 saturated heterocycles. The van der Waals surface area contributed by atoms with Gasteiger partial charge in [0, 0.05) is 17.3 Å². The molecule has 2 aromatic carbocycles. The second kappa shape index (κ2) is 7.83. The Kier molecular flexibility index (Phi) is 5.82. The van der Waals surface area contributed by atoms with Crippen molar-refractivity contribution in [2.75, 3.05) is 19.0 Å². The summed E-state index contributed by atoms with van der Waals surface area (Å²) in [5.41, 5.74) is 2.13. The fraction of sp³-hybridized carbons (Fsp3) is 0.167. The van der Waals surface area contributed by atoms with Gasteiger partial charge in [0.1, 0.15) is 18.1 Å². The number of amides is 1. The molecule has 1 amide bonds. The molecular formula is C18H18BrNO3. The molecule has 0 aliphatic heterocycles. The SMILES string of the molecule is C=C(C)COc1cccc(NC(=O)c2ccc(OC)c(Br)c2)c1. The summed E-state index contributed by atoms with van der Waals surface area (Å²) in [6.45, 7) is 6.14. The van der Waals surface area contributed by atoms with E-state index in [4.69, 9.17) is 9.47 Å². The highest BCUT2D eigenvalue weighted by Gasteiger charge is 2.09. The van der Waals surface area contributed by atoms with Gasteiger partial charge in [-0.15, -0.1) is 0 Å². The maximum Gasteiger partial charge on any atom is 0.255 e. The lowest BCUT2D eigenvalue weighted by Crippen LogP contribution is -2.12. The first kappa shape index (κ1) is 17.1. The molecule has 0 aromatic heterocycles. The lowest BCUT2D eigenvalue weighted by atomic mass is 10.2. The summed E-state index contributed by atoms with van der Waals surface area (Å²) in [6, 6.07) is 12.4. The van der Waals surface area contributed by atoms with Gasteiger partial charge >= 0.3 is 0 Å². The summed E-state index contributed by atoms with van der Waals surface area (Å²) in [6.07, 6.45) is 0. The van der Waals surface area contributed by atoms with E-state index in [1.807, 2.05) is 25.1 Å². The highest BCUT2D eigenvalue weighted by Crippen LogP contribution is 2.26. The second-order valence-corrected chi connectivity index (χ2v) is 5.93. The van der Waals surface area contributed by atoms with Crippen molar-refractivity contribution < 1.29 is 14.3 Å². The van der Waals surface area contributed by atoms with Crippen molar-refractivity contribution in [2.24, 2.45) is 0 Å². The largest absolute Gasteiger partial charge is 0.496 e. The summed E-state index contributed by atoms with van der Waals surface area (Å²) in [7, 11) is 1.58. The zero-order chi connectivity index (χ0) is 16.8. The van der Waals surface area contributed by atoms with Gasteiger partial charge in [0.2, 0.25) is 0 Å². The van der Waals surface area contributed by atoms with Gasteiger partial charge in [0.25, 0.3) is 5.91 Å². The molecule has 0 saturated carbocycles. The van der Waals surface area contributed by atoms with Gasteiger partial charge in [-0.2, -0.15) is 0 Å². The van der Waals surface area contributed by atoms with Crippen LogP contribution in [0.5, 0.6) is 11.5 Å². The van der Waals surface area contributed by atoms with Crippen LogP contribution in [0, 0.1) is 0 Å². The Hall–Kier alpha value is -2.27. The van der Waals surface area contributed by atoms with Crippen LogP contribution in [0.1, 0.15) is 17.3 Å². The lowest BCUT2D eigenvalue weighted by molar-refractivity contribution is 0.102. The Bertz CT molecular complexity index is 728. The van der Waals surface area contributed by atoms with Gasteiger partial charge in [-0.05, 0) is 58.8 Å². The Balaban J connectivity index is 2.09. The zero-order valence-electron chi connectivity index (χ0n) is 13.1. The highest BCUT2D eigenvalue weighted by atomic mass is 79.9. The van der Waals surface area contributed by atoms with Gasteiger partial charge in [-0.3, -0.25) is 4.79 Å². The Morgan fingerprint density at radius 1 is 1.26 bits per heavy atom. The van der Waals surface area contributed by atoms with Gasteiger partial charge in [-0.25, -0.2) is 0 Å². The van der Waals surface area contributed by atoms with Crippen LogP contribution in [0.2, 0.25) is 0 Å². The number of carbonyl (C=O) groups excluding carboxylic acids is 1. The minimum atomic E-state index is -0.203. The van der Waals surface area contributed by atoms with E-state index < -0.39 is 0 Å². The Morgan fingerprint density at radius 3 is 2.70 bits per heavy atom. The molecule has 5 heteroatoms. The van der Waals surface area contributed by atoms with Crippen LogP contribution in [-0.2, 0) is 0 Å². The van der Waals surface area contributed by atoms with Crippen molar-refractivity contribution >= 4 is 27.5 Å². The van der Waals surface area contributed by atoms with Crippen molar-refractivity contribution in [3.63, 3.8) is 0 Å². The average Bonchev–Trinajstić information content (AvgIpc) is 2.53. The molecule has 0 radical (unpaired) electrons. The number of carbonyl (C=O) groups is 1. The number of hydrogen-bond acceptors (Lipinski definition) is 3. The molecule has 0 atom stereocenters. The zero-order valence-corrected chi connectivity index (χ0v) is 14.6. The first-order valence-electron chi connectivity index (χ1n) is 7.01. The number of anilines is 1. The van der Waals surface area contributed by atoms with Crippen molar-refractivity contribution in [1.29, 1.82) is 0 Å². The van der Waals surface area contributed by atoms with Crippen LogP contribution in [0.4, 0.5) is 5.69 Å². The van der Waals surface area contributed by atoms with E-state index in [9.17, 15) is 4.79 Å². The smallest absolute Gasteiger partial charge is 0.255 e. The van der Waals surface area contributed by atoms with E-state index in [-0.39, 0.29) is 5.91 Å². The van der Waals surface area contributed by atoms with Crippen LogP contribution in [-0.4, -0.2) is 19.6 Å². The number of hydrogen-bond donors (Lipinski definition) is 1. The fourth-order valence-corrected chi connectivity index (χ4v) is 2.42. The number of rotatable bonds is 6. The molecule has 23 heavy (non-hydrogen) atoms. The summed E-state index contributed by atoms with van der Waals surface area (Å²) in [5.74, 6) is 1.16. The monoisotopic (exact) mass is 375 g/mol. The molecule has 2 rings (SSSR count). The highest BCUT2D eigenvalue weighted by molar-refractivity contribution is 9.10. The minimum Gasteiger partial charge on any atom is -0.496 e. The predicted octanol–water partition coefficient (Wildman–Crippen LogP) is 4.66. The van der Waals surface area contributed by atoms with Crippen molar-refractivity contribution in [3.05, 3.63) is 64.7 Å². The maximum atomic E-state index is 12.3. The van der Waals surface area contributed by atoms with E-state index in [1.165, 1.54) is 0 Å². The first-order valence-corrected chi connectivity index (χ1v) is 7.81. The first-order chi connectivity index (χ1) is 11.0. The predicted molar refractivity (Wildman–Crippen MR) is 95.4 cm³/mol. The summed E-state index contributed by atoms with van der Waals surface area (Å²) >= 11 is 3.37. The summed E-state index contributed by atoms with van der Waals surface area (Å²) in [4.78, 5) is 12.3. The second-order valence-electron chi connectivity index (χ2n) is 5.08.